The molecule has 1 unspecified atom stereocenters. The maximum absolute atomic E-state index is 5.32. The van der Waals surface area contributed by atoms with Gasteiger partial charge in [0.1, 0.15) is 5.75 Å². The highest BCUT2D eigenvalue weighted by molar-refractivity contribution is 7.09. The van der Waals surface area contributed by atoms with Crippen LogP contribution >= 0.6 is 11.3 Å². The monoisotopic (exact) mass is 273 g/mol. The first-order valence-corrected chi connectivity index (χ1v) is 7.64. The summed E-state index contributed by atoms with van der Waals surface area (Å²) in [5.41, 5.74) is 2.92. The molecule has 1 atom stereocenters. The summed E-state index contributed by atoms with van der Waals surface area (Å²) < 4.78 is 5.32. The third kappa shape index (κ3) is 2.99. The van der Waals surface area contributed by atoms with Crippen LogP contribution in [-0.4, -0.2) is 13.2 Å². The molecular formula is C16H19NOS. The van der Waals surface area contributed by atoms with Crippen LogP contribution < -0.4 is 10.1 Å². The lowest BCUT2D eigenvalue weighted by atomic mass is 9.88. The Balaban J connectivity index is 1.64. The number of methoxy groups -OCH3 is 1. The summed E-state index contributed by atoms with van der Waals surface area (Å²) >= 11 is 1.82. The van der Waals surface area contributed by atoms with E-state index in [1.54, 1.807) is 7.11 Å². The molecule has 1 aliphatic rings. The van der Waals surface area contributed by atoms with Gasteiger partial charge in [-0.25, -0.2) is 0 Å². The second-order valence-corrected chi connectivity index (χ2v) is 6.07. The molecule has 100 valence electrons. The van der Waals surface area contributed by atoms with Gasteiger partial charge in [-0.2, -0.15) is 0 Å². The Kier molecular flexibility index (Phi) is 3.85. The molecule has 0 spiro atoms. The SMILES string of the molecule is COc1ccc2c(c1)CC(NCc1cccs1)CC2. The number of hydrogen-bond donors (Lipinski definition) is 1. The van der Waals surface area contributed by atoms with Crippen molar-refractivity contribution >= 4 is 11.3 Å². The fraction of sp³-hybridized carbons (Fsp3) is 0.375. The van der Waals surface area contributed by atoms with Crippen molar-refractivity contribution in [3.63, 3.8) is 0 Å². The van der Waals surface area contributed by atoms with Gasteiger partial charge in [0.05, 0.1) is 7.11 Å². The second kappa shape index (κ2) is 5.76. The molecule has 1 aromatic heterocycles. The number of nitrogens with one attached hydrogen (secondary N) is 1. The minimum Gasteiger partial charge on any atom is -0.497 e. The van der Waals surface area contributed by atoms with Gasteiger partial charge in [-0.05, 0) is 54.0 Å². The molecule has 1 N–H and O–H groups in total. The molecule has 0 bridgehead atoms. The van der Waals surface area contributed by atoms with E-state index >= 15 is 0 Å². The first kappa shape index (κ1) is 12.7. The molecule has 3 heteroatoms. The number of rotatable bonds is 4. The predicted octanol–water partition coefficient (Wildman–Crippen LogP) is 3.40. The predicted molar refractivity (Wildman–Crippen MR) is 80.0 cm³/mol. The zero-order valence-electron chi connectivity index (χ0n) is 11.2. The quantitative estimate of drug-likeness (QED) is 0.922. The van der Waals surface area contributed by atoms with E-state index in [9.17, 15) is 0 Å². The van der Waals surface area contributed by atoms with E-state index in [2.05, 4.69) is 41.0 Å². The molecule has 1 aliphatic carbocycles. The lowest BCUT2D eigenvalue weighted by Gasteiger charge is -2.25. The van der Waals surface area contributed by atoms with Crippen molar-refractivity contribution < 1.29 is 4.74 Å². The molecule has 0 radical (unpaired) electrons. The third-order valence-corrected chi connectivity index (χ3v) is 4.66. The summed E-state index contributed by atoms with van der Waals surface area (Å²) in [4.78, 5) is 1.41. The van der Waals surface area contributed by atoms with Crippen LogP contribution in [-0.2, 0) is 19.4 Å². The van der Waals surface area contributed by atoms with Crippen LogP contribution in [0.4, 0.5) is 0 Å². The summed E-state index contributed by atoms with van der Waals surface area (Å²) in [6, 6.07) is 11.4. The molecular weight excluding hydrogens is 254 g/mol. The number of fused-ring (bicyclic) bond motifs is 1. The topological polar surface area (TPSA) is 21.3 Å². The molecule has 0 fully saturated rings. The maximum atomic E-state index is 5.32. The van der Waals surface area contributed by atoms with Gasteiger partial charge >= 0.3 is 0 Å². The van der Waals surface area contributed by atoms with E-state index in [1.807, 2.05) is 11.3 Å². The molecule has 1 aromatic carbocycles. The number of thiophene rings is 1. The molecule has 19 heavy (non-hydrogen) atoms. The van der Waals surface area contributed by atoms with Crippen molar-refractivity contribution in [3.8, 4) is 5.75 Å². The molecule has 2 nitrogen and oxygen atoms in total. The number of aryl methyl sites for hydroxylation is 1. The molecule has 3 rings (SSSR count). The molecule has 0 aliphatic heterocycles. The largest absolute Gasteiger partial charge is 0.497 e. The van der Waals surface area contributed by atoms with Gasteiger partial charge in [-0.3, -0.25) is 0 Å². The van der Waals surface area contributed by atoms with Crippen molar-refractivity contribution in [3.05, 3.63) is 51.7 Å². The zero-order chi connectivity index (χ0) is 13.1. The second-order valence-electron chi connectivity index (χ2n) is 5.03. The minimum atomic E-state index is 0.585. The maximum Gasteiger partial charge on any atom is 0.119 e. The van der Waals surface area contributed by atoms with Crippen molar-refractivity contribution in [2.75, 3.05) is 7.11 Å². The smallest absolute Gasteiger partial charge is 0.119 e. The van der Waals surface area contributed by atoms with Crippen LogP contribution in [0.15, 0.2) is 35.7 Å². The molecule has 0 saturated carbocycles. The highest BCUT2D eigenvalue weighted by Gasteiger charge is 2.18. The Morgan fingerprint density at radius 2 is 2.26 bits per heavy atom. The third-order valence-electron chi connectivity index (χ3n) is 3.79. The Morgan fingerprint density at radius 3 is 3.05 bits per heavy atom. The van der Waals surface area contributed by atoms with Gasteiger partial charge in [-0.15, -0.1) is 11.3 Å². The van der Waals surface area contributed by atoms with Crippen LogP contribution in [0.5, 0.6) is 5.75 Å². The van der Waals surface area contributed by atoms with E-state index in [1.165, 1.54) is 28.8 Å². The van der Waals surface area contributed by atoms with Crippen LogP contribution in [0.25, 0.3) is 0 Å². The van der Waals surface area contributed by atoms with E-state index in [4.69, 9.17) is 4.74 Å². The lowest BCUT2D eigenvalue weighted by molar-refractivity contribution is 0.411. The number of ether oxygens (including phenoxy) is 1. The van der Waals surface area contributed by atoms with Crippen LogP contribution in [0, 0.1) is 0 Å². The Bertz CT molecular complexity index is 536. The highest BCUT2D eigenvalue weighted by Crippen LogP contribution is 2.25. The fourth-order valence-corrected chi connectivity index (χ4v) is 3.35. The number of benzene rings is 1. The van der Waals surface area contributed by atoms with Gasteiger partial charge in [0.15, 0.2) is 0 Å². The molecule has 0 amide bonds. The van der Waals surface area contributed by atoms with Gasteiger partial charge in [-0.1, -0.05) is 12.1 Å². The normalized spacial score (nSPS) is 18.1. The van der Waals surface area contributed by atoms with Gasteiger partial charge in [0, 0.05) is 17.5 Å². The van der Waals surface area contributed by atoms with Crippen molar-refractivity contribution in [1.29, 1.82) is 0 Å². The van der Waals surface area contributed by atoms with Gasteiger partial charge < -0.3 is 10.1 Å². The summed E-state index contributed by atoms with van der Waals surface area (Å²) in [7, 11) is 1.73. The molecule has 2 aromatic rings. The van der Waals surface area contributed by atoms with E-state index in [-0.39, 0.29) is 0 Å². The van der Waals surface area contributed by atoms with Crippen LogP contribution in [0.2, 0.25) is 0 Å². The van der Waals surface area contributed by atoms with E-state index in [0.717, 1.165) is 18.7 Å². The zero-order valence-corrected chi connectivity index (χ0v) is 12.0. The first-order chi connectivity index (χ1) is 9.35. The van der Waals surface area contributed by atoms with Gasteiger partial charge in [0.25, 0.3) is 0 Å². The Labute approximate surface area is 118 Å². The summed E-state index contributed by atoms with van der Waals surface area (Å²) in [5.74, 6) is 0.970. The summed E-state index contributed by atoms with van der Waals surface area (Å²) in [5, 5.41) is 5.81. The van der Waals surface area contributed by atoms with E-state index < -0.39 is 0 Å². The Morgan fingerprint density at radius 1 is 1.32 bits per heavy atom. The molecule has 0 saturated heterocycles. The average molecular weight is 273 g/mol. The van der Waals surface area contributed by atoms with Crippen LogP contribution in [0.1, 0.15) is 22.4 Å². The minimum absolute atomic E-state index is 0.585. The average Bonchev–Trinajstić information content (AvgIpc) is 2.97. The van der Waals surface area contributed by atoms with Crippen molar-refractivity contribution in [2.45, 2.75) is 31.8 Å². The standard InChI is InChI=1S/C16H19NOS/c1-18-15-7-5-12-4-6-14(9-13(12)10-15)17-11-16-3-2-8-19-16/h2-3,5,7-8,10,14,17H,4,6,9,11H2,1H3. The summed E-state index contributed by atoms with van der Waals surface area (Å²) in [6.07, 6.45) is 3.50. The van der Waals surface area contributed by atoms with Crippen LogP contribution in [0.3, 0.4) is 0 Å². The fourth-order valence-electron chi connectivity index (χ4n) is 2.69. The van der Waals surface area contributed by atoms with E-state index in [0.29, 0.717) is 6.04 Å². The first-order valence-electron chi connectivity index (χ1n) is 6.76. The van der Waals surface area contributed by atoms with Gasteiger partial charge in [0.2, 0.25) is 0 Å². The van der Waals surface area contributed by atoms with Crippen molar-refractivity contribution in [2.24, 2.45) is 0 Å². The van der Waals surface area contributed by atoms with Crippen molar-refractivity contribution in [1.82, 2.24) is 5.32 Å². The summed E-state index contributed by atoms with van der Waals surface area (Å²) in [6.45, 7) is 0.988. The highest BCUT2D eigenvalue weighted by atomic mass is 32.1. The number of hydrogen-bond acceptors (Lipinski definition) is 3. The Hall–Kier alpha value is -1.32. The molecule has 1 heterocycles. The lowest BCUT2D eigenvalue weighted by Crippen LogP contribution is -2.33.